The van der Waals surface area contributed by atoms with Gasteiger partial charge in [0.2, 0.25) is 0 Å². The van der Waals surface area contributed by atoms with Crippen LogP contribution in [0, 0.1) is 0 Å². The summed E-state index contributed by atoms with van der Waals surface area (Å²) in [7, 11) is 0. The largest absolute Gasteiger partial charge is 0.489 e. The van der Waals surface area contributed by atoms with Crippen LogP contribution in [0.25, 0.3) is 11.0 Å². The highest BCUT2D eigenvalue weighted by Gasteiger charge is 2.41. The summed E-state index contributed by atoms with van der Waals surface area (Å²) >= 11 is 0. The molecule has 1 aliphatic heterocycles. The fourth-order valence-corrected chi connectivity index (χ4v) is 4.97. The second-order valence-electron chi connectivity index (χ2n) is 10.5. The first-order chi connectivity index (χ1) is 16.5. The number of ether oxygens (including phenoxy) is 2. The Bertz CT molecular complexity index is 1170. The molecule has 35 heavy (non-hydrogen) atoms. The molecule has 2 heterocycles. The Labute approximate surface area is 205 Å². The Morgan fingerprint density at radius 3 is 2.57 bits per heavy atom. The van der Waals surface area contributed by atoms with Gasteiger partial charge in [-0.05, 0) is 45.4 Å². The van der Waals surface area contributed by atoms with Gasteiger partial charge in [-0.1, -0.05) is 13.8 Å². The SMILES string of the molecule is CC(C)c1c2c(c(OC3CCCC3)c3c(=O)cc(C(O)CCN=C(N)N)oc13)CC(C(C)(C)O)O2. The Kier molecular flexibility index (Phi) is 7.02. The van der Waals surface area contributed by atoms with Crippen molar-refractivity contribution < 1.29 is 24.1 Å². The smallest absolute Gasteiger partial charge is 0.196 e. The molecule has 2 atom stereocenters. The molecule has 0 spiro atoms. The van der Waals surface area contributed by atoms with Gasteiger partial charge in [0, 0.05) is 36.6 Å². The zero-order valence-electron chi connectivity index (χ0n) is 21.0. The number of aliphatic hydroxyl groups is 2. The molecule has 1 aromatic carbocycles. The number of benzene rings is 1. The van der Waals surface area contributed by atoms with Crippen LogP contribution < -0.4 is 26.4 Å². The number of hydrogen-bond acceptors (Lipinski definition) is 7. The number of hydrogen-bond donors (Lipinski definition) is 4. The fourth-order valence-electron chi connectivity index (χ4n) is 4.97. The van der Waals surface area contributed by atoms with E-state index in [2.05, 4.69) is 4.99 Å². The third-order valence-corrected chi connectivity index (χ3v) is 6.86. The molecular formula is C26H37N3O6. The average Bonchev–Trinajstić information content (AvgIpc) is 3.42. The normalized spacial score (nSPS) is 19.1. The first-order valence-corrected chi connectivity index (χ1v) is 12.4. The number of fused-ring (bicyclic) bond motifs is 2. The van der Waals surface area contributed by atoms with Gasteiger partial charge in [-0.15, -0.1) is 0 Å². The Balaban J connectivity index is 1.90. The lowest BCUT2D eigenvalue weighted by Crippen LogP contribution is -2.39. The number of aliphatic hydroxyl groups excluding tert-OH is 1. The van der Waals surface area contributed by atoms with Crippen LogP contribution in [-0.2, 0) is 6.42 Å². The van der Waals surface area contributed by atoms with Gasteiger partial charge in [-0.25, -0.2) is 0 Å². The number of nitrogens with two attached hydrogens (primary N) is 2. The number of guanidine groups is 1. The average molecular weight is 488 g/mol. The van der Waals surface area contributed by atoms with E-state index >= 15 is 0 Å². The van der Waals surface area contributed by atoms with E-state index in [0.717, 1.165) is 36.8 Å². The Morgan fingerprint density at radius 2 is 1.97 bits per heavy atom. The summed E-state index contributed by atoms with van der Waals surface area (Å²) in [4.78, 5) is 17.4. The zero-order valence-corrected chi connectivity index (χ0v) is 21.0. The molecule has 1 aromatic heterocycles. The second-order valence-corrected chi connectivity index (χ2v) is 10.5. The van der Waals surface area contributed by atoms with Crippen molar-refractivity contribution in [2.45, 2.75) is 96.1 Å². The molecule has 0 radical (unpaired) electrons. The third kappa shape index (κ3) is 5.11. The molecule has 1 aliphatic carbocycles. The van der Waals surface area contributed by atoms with Crippen molar-refractivity contribution in [3.8, 4) is 11.5 Å². The zero-order chi connectivity index (χ0) is 25.5. The molecule has 0 bridgehead atoms. The highest BCUT2D eigenvalue weighted by molar-refractivity contribution is 5.91. The second kappa shape index (κ2) is 9.70. The summed E-state index contributed by atoms with van der Waals surface area (Å²) < 4.78 is 19.0. The topological polar surface area (TPSA) is 154 Å². The minimum absolute atomic E-state index is 0.0117. The maximum Gasteiger partial charge on any atom is 0.196 e. The number of nitrogens with zero attached hydrogens (tertiary/aromatic N) is 1. The van der Waals surface area contributed by atoms with Crippen LogP contribution in [0.4, 0.5) is 0 Å². The molecule has 4 rings (SSSR count). The lowest BCUT2D eigenvalue weighted by atomic mass is 9.92. The summed E-state index contributed by atoms with van der Waals surface area (Å²) in [5.41, 5.74) is 11.3. The maximum atomic E-state index is 13.5. The predicted molar refractivity (Wildman–Crippen MR) is 134 cm³/mol. The summed E-state index contributed by atoms with van der Waals surface area (Å²) in [5, 5.41) is 21.8. The highest BCUT2D eigenvalue weighted by Crippen LogP contribution is 2.49. The van der Waals surface area contributed by atoms with Crippen molar-refractivity contribution in [2.75, 3.05) is 6.54 Å². The molecule has 2 aromatic rings. The van der Waals surface area contributed by atoms with E-state index in [-0.39, 0.29) is 42.1 Å². The Hall–Kier alpha value is -2.78. The number of aliphatic imine (C=N–C) groups is 1. The molecule has 1 saturated carbocycles. The van der Waals surface area contributed by atoms with Gasteiger partial charge in [-0.3, -0.25) is 9.79 Å². The summed E-state index contributed by atoms with van der Waals surface area (Å²) in [6.45, 7) is 7.61. The van der Waals surface area contributed by atoms with Crippen LogP contribution in [0.2, 0.25) is 0 Å². The van der Waals surface area contributed by atoms with Gasteiger partial charge in [0.25, 0.3) is 0 Å². The van der Waals surface area contributed by atoms with Gasteiger partial charge in [0.1, 0.15) is 40.4 Å². The number of rotatable bonds is 8. The predicted octanol–water partition coefficient (Wildman–Crippen LogP) is 3.01. The van der Waals surface area contributed by atoms with Gasteiger partial charge < -0.3 is 35.6 Å². The van der Waals surface area contributed by atoms with Crippen molar-refractivity contribution in [1.82, 2.24) is 0 Å². The van der Waals surface area contributed by atoms with Crippen molar-refractivity contribution in [3.05, 3.63) is 33.2 Å². The molecule has 9 nitrogen and oxygen atoms in total. The molecule has 6 N–H and O–H groups in total. The maximum absolute atomic E-state index is 13.5. The van der Waals surface area contributed by atoms with E-state index in [1.807, 2.05) is 13.8 Å². The van der Waals surface area contributed by atoms with Gasteiger partial charge in [0.15, 0.2) is 11.4 Å². The van der Waals surface area contributed by atoms with E-state index in [1.54, 1.807) is 13.8 Å². The Morgan fingerprint density at radius 1 is 1.29 bits per heavy atom. The molecule has 2 aliphatic rings. The monoisotopic (exact) mass is 487 g/mol. The van der Waals surface area contributed by atoms with E-state index in [1.165, 1.54) is 6.07 Å². The molecule has 1 fully saturated rings. The minimum atomic E-state index is -1.09. The molecule has 2 unspecified atom stereocenters. The van der Waals surface area contributed by atoms with Gasteiger partial charge >= 0.3 is 0 Å². The van der Waals surface area contributed by atoms with E-state index in [0.29, 0.717) is 28.9 Å². The van der Waals surface area contributed by atoms with Crippen molar-refractivity contribution in [3.63, 3.8) is 0 Å². The van der Waals surface area contributed by atoms with Gasteiger partial charge in [-0.2, -0.15) is 0 Å². The molecule has 0 saturated heterocycles. The van der Waals surface area contributed by atoms with Gasteiger partial charge in [0.05, 0.1) is 11.7 Å². The van der Waals surface area contributed by atoms with E-state index in [4.69, 9.17) is 25.4 Å². The third-order valence-electron chi connectivity index (χ3n) is 6.86. The van der Waals surface area contributed by atoms with Crippen molar-refractivity contribution in [2.24, 2.45) is 16.5 Å². The standard InChI is InChI=1S/C26H37N3O6/c1-13(2)20-22-15(11-19(35-22)26(3,4)32)23(33-14-7-5-6-8-14)21-17(31)12-18(34-24(20)21)16(30)9-10-29-25(27)28/h12-14,16,19,30,32H,5-11H2,1-4H3,(H4,27,28,29). The van der Waals surface area contributed by atoms with E-state index < -0.39 is 17.8 Å². The molecule has 192 valence electrons. The van der Waals surface area contributed by atoms with Crippen LogP contribution in [0.5, 0.6) is 11.5 Å². The molecular weight excluding hydrogens is 450 g/mol. The lowest BCUT2D eigenvalue weighted by Gasteiger charge is -2.25. The first-order valence-electron chi connectivity index (χ1n) is 12.4. The summed E-state index contributed by atoms with van der Waals surface area (Å²) in [6, 6.07) is 1.32. The summed E-state index contributed by atoms with van der Waals surface area (Å²) in [6.07, 6.45) is 3.09. The van der Waals surface area contributed by atoms with Crippen molar-refractivity contribution in [1.29, 1.82) is 0 Å². The van der Waals surface area contributed by atoms with Crippen LogP contribution in [-0.4, -0.2) is 40.5 Å². The van der Waals surface area contributed by atoms with E-state index in [9.17, 15) is 15.0 Å². The molecule has 0 amide bonds. The van der Waals surface area contributed by atoms with Crippen LogP contribution in [0.1, 0.15) is 88.7 Å². The van der Waals surface area contributed by atoms with Crippen molar-refractivity contribution >= 4 is 16.9 Å². The quantitative estimate of drug-likeness (QED) is 0.327. The lowest BCUT2D eigenvalue weighted by molar-refractivity contribution is -0.0233. The fraction of sp³-hybridized carbons (Fsp3) is 0.615. The van der Waals surface area contributed by atoms with Crippen LogP contribution in [0.15, 0.2) is 20.3 Å². The minimum Gasteiger partial charge on any atom is -0.489 e. The summed E-state index contributed by atoms with van der Waals surface area (Å²) in [5.74, 6) is 1.10. The van der Waals surface area contributed by atoms with Crippen LogP contribution >= 0.6 is 0 Å². The highest BCUT2D eigenvalue weighted by atomic mass is 16.5. The van der Waals surface area contributed by atoms with Crippen LogP contribution in [0.3, 0.4) is 0 Å². The first kappa shape index (κ1) is 25.3. The molecule has 9 heteroatoms.